The Kier molecular flexibility index (Phi) is 3.03. The van der Waals surface area contributed by atoms with E-state index in [1.54, 1.807) is 28.8 Å². The molecular weight excluding hydrogens is 321 g/mol. The van der Waals surface area contributed by atoms with Gasteiger partial charge in [-0.2, -0.15) is 5.26 Å². The first-order chi connectivity index (χ1) is 9.63. The van der Waals surface area contributed by atoms with Gasteiger partial charge in [0.1, 0.15) is 23.2 Å². The lowest BCUT2D eigenvalue weighted by atomic mass is 10.2. The number of aromatic nitrogens is 2. The molecule has 1 aromatic heterocycles. The highest BCUT2D eigenvalue weighted by Gasteiger charge is 2.17. The number of aryl methyl sites for hydroxylation is 1. The minimum absolute atomic E-state index is 0.351. The maximum absolute atomic E-state index is 14.1. The Balaban J connectivity index is 2.39. The van der Waals surface area contributed by atoms with Crippen molar-refractivity contribution in [3.05, 3.63) is 52.3 Å². The zero-order valence-corrected chi connectivity index (χ0v) is 12.1. The summed E-state index contributed by atoms with van der Waals surface area (Å²) in [5.74, 6) is 0.143. The van der Waals surface area contributed by atoms with Crippen LogP contribution >= 0.6 is 15.9 Å². The Morgan fingerprint density at radius 3 is 2.70 bits per heavy atom. The van der Waals surface area contributed by atoms with Crippen LogP contribution in [-0.4, -0.2) is 9.55 Å². The summed E-state index contributed by atoms with van der Waals surface area (Å²) in [6.07, 6.45) is 0. The zero-order chi connectivity index (χ0) is 14.3. The highest BCUT2D eigenvalue weighted by Crippen LogP contribution is 2.32. The maximum atomic E-state index is 14.1. The third-order valence-electron chi connectivity index (χ3n) is 3.22. The molecule has 5 heteroatoms. The van der Waals surface area contributed by atoms with E-state index in [0.29, 0.717) is 26.9 Å². The Morgan fingerprint density at radius 2 is 2.00 bits per heavy atom. The van der Waals surface area contributed by atoms with Gasteiger partial charge in [-0.3, -0.25) is 0 Å². The number of benzene rings is 2. The molecule has 0 N–H and O–H groups in total. The van der Waals surface area contributed by atoms with E-state index in [2.05, 4.69) is 27.0 Å². The maximum Gasteiger partial charge on any atom is 0.145 e. The van der Waals surface area contributed by atoms with Gasteiger partial charge in [-0.25, -0.2) is 9.37 Å². The van der Waals surface area contributed by atoms with Crippen LogP contribution in [0.1, 0.15) is 5.56 Å². The SMILES string of the molecule is Cn1c(-c2c(F)cccc2Br)nc2c(C#N)cccc21. The standard InChI is InChI=1S/C15H9BrFN3/c1-20-12-7-2-4-9(8-18)14(12)19-15(20)13-10(16)5-3-6-11(13)17/h2-7H,1H3. The van der Waals surface area contributed by atoms with Gasteiger partial charge in [0.15, 0.2) is 0 Å². The molecule has 0 radical (unpaired) electrons. The van der Waals surface area contributed by atoms with Crippen LogP contribution < -0.4 is 0 Å². The molecule has 98 valence electrons. The van der Waals surface area contributed by atoms with E-state index in [9.17, 15) is 4.39 Å². The Bertz CT molecular complexity index is 841. The summed E-state index contributed by atoms with van der Waals surface area (Å²) in [5.41, 5.74) is 2.27. The van der Waals surface area contributed by atoms with Crippen molar-refractivity contribution in [3.63, 3.8) is 0 Å². The van der Waals surface area contributed by atoms with Gasteiger partial charge in [0.05, 0.1) is 16.6 Å². The molecule has 0 amide bonds. The topological polar surface area (TPSA) is 41.6 Å². The highest BCUT2D eigenvalue weighted by molar-refractivity contribution is 9.10. The number of fused-ring (bicyclic) bond motifs is 1. The predicted molar refractivity (Wildman–Crippen MR) is 78.5 cm³/mol. The van der Waals surface area contributed by atoms with Gasteiger partial charge in [-0.15, -0.1) is 0 Å². The van der Waals surface area contributed by atoms with Crippen LogP contribution in [0.5, 0.6) is 0 Å². The summed E-state index contributed by atoms with van der Waals surface area (Å²) < 4.78 is 16.5. The van der Waals surface area contributed by atoms with E-state index < -0.39 is 0 Å². The molecule has 0 aliphatic heterocycles. The molecular formula is C15H9BrFN3. The molecule has 0 saturated carbocycles. The minimum atomic E-state index is -0.351. The van der Waals surface area contributed by atoms with Crippen LogP contribution in [0.15, 0.2) is 40.9 Å². The van der Waals surface area contributed by atoms with Crippen molar-refractivity contribution in [2.75, 3.05) is 0 Å². The van der Waals surface area contributed by atoms with Crippen molar-refractivity contribution in [1.29, 1.82) is 5.26 Å². The van der Waals surface area contributed by atoms with Crippen molar-refractivity contribution in [3.8, 4) is 17.5 Å². The number of hydrogen-bond donors (Lipinski definition) is 0. The number of halogens is 2. The largest absolute Gasteiger partial charge is 0.327 e. The van der Waals surface area contributed by atoms with E-state index in [0.717, 1.165) is 5.52 Å². The molecule has 3 nitrogen and oxygen atoms in total. The number of hydrogen-bond acceptors (Lipinski definition) is 2. The molecule has 20 heavy (non-hydrogen) atoms. The second-order valence-electron chi connectivity index (χ2n) is 4.38. The van der Waals surface area contributed by atoms with Gasteiger partial charge in [0.25, 0.3) is 0 Å². The summed E-state index contributed by atoms with van der Waals surface area (Å²) >= 11 is 3.35. The molecule has 0 aliphatic carbocycles. The van der Waals surface area contributed by atoms with Gasteiger partial charge in [0, 0.05) is 11.5 Å². The number of rotatable bonds is 1. The van der Waals surface area contributed by atoms with Crippen LogP contribution in [0.2, 0.25) is 0 Å². The van der Waals surface area contributed by atoms with Crippen LogP contribution in [-0.2, 0) is 7.05 Å². The fourth-order valence-corrected chi connectivity index (χ4v) is 2.76. The second kappa shape index (κ2) is 4.73. The molecule has 3 rings (SSSR count). The summed E-state index contributed by atoms with van der Waals surface area (Å²) in [5, 5.41) is 9.13. The lowest BCUT2D eigenvalue weighted by Crippen LogP contribution is -1.95. The van der Waals surface area contributed by atoms with Gasteiger partial charge < -0.3 is 4.57 Å². The normalized spacial score (nSPS) is 10.7. The average molecular weight is 330 g/mol. The summed E-state index contributed by atoms with van der Waals surface area (Å²) in [4.78, 5) is 4.45. The van der Waals surface area contributed by atoms with Gasteiger partial charge in [-0.1, -0.05) is 12.1 Å². The summed E-state index contributed by atoms with van der Waals surface area (Å²) in [6.45, 7) is 0. The Morgan fingerprint density at radius 1 is 1.25 bits per heavy atom. The molecule has 2 aromatic carbocycles. The third kappa shape index (κ3) is 1.81. The van der Waals surface area contributed by atoms with E-state index in [-0.39, 0.29) is 5.82 Å². The second-order valence-corrected chi connectivity index (χ2v) is 5.23. The van der Waals surface area contributed by atoms with E-state index in [4.69, 9.17) is 5.26 Å². The van der Waals surface area contributed by atoms with Crippen LogP contribution in [0.25, 0.3) is 22.4 Å². The summed E-state index contributed by atoms with van der Waals surface area (Å²) in [7, 11) is 1.81. The first-order valence-electron chi connectivity index (χ1n) is 5.93. The van der Waals surface area contributed by atoms with E-state index >= 15 is 0 Å². The predicted octanol–water partition coefficient (Wildman–Crippen LogP) is 4.01. The lowest BCUT2D eigenvalue weighted by Gasteiger charge is -2.06. The fourth-order valence-electron chi connectivity index (χ4n) is 2.24. The fraction of sp³-hybridized carbons (Fsp3) is 0.0667. The molecule has 1 heterocycles. The van der Waals surface area contributed by atoms with Gasteiger partial charge in [-0.05, 0) is 40.2 Å². The molecule has 0 bridgehead atoms. The molecule has 3 aromatic rings. The zero-order valence-electron chi connectivity index (χ0n) is 10.6. The third-order valence-corrected chi connectivity index (χ3v) is 3.88. The van der Waals surface area contributed by atoms with Crippen molar-refractivity contribution in [2.24, 2.45) is 7.05 Å². The lowest BCUT2D eigenvalue weighted by molar-refractivity contribution is 0.628. The molecule has 0 atom stereocenters. The molecule has 0 saturated heterocycles. The first-order valence-corrected chi connectivity index (χ1v) is 6.72. The quantitative estimate of drug-likeness (QED) is 0.676. The van der Waals surface area contributed by atoms with Crippen molar-refractivity contribution < 1.29 is 4.39 Å². The van der Waals surface area contributed by atoms with Crippen LogP contribution in [0, 0.1) is 17.1 Å². The van der Waals surface area contributed by atoms with Crippen molar-refractivity contribution >= 4 is 27.0 Å². The Hall–Kier alpha value is -2.19. The minimum Gasteiger partial charge on any atom is -0.327 e. The molecule has 0 spiro atoms. The summed E-state index contributed by atoms with van der Waals surface area (Å²) in [6, 6.07) is 12.3. The van der Waals surface area contributed by atoms with Crippen molar-refractivity contribution in [2.45, 2.75) is 0 Å². The average Bonchev–Trinajstić information content (AvgIpc) is 2.76. The van der Waals surface area contributed by atoms with Gasteiger partial charge >= 0.3 is 0 Å². The number of imidazole rings is 1. The smallest absolute Gasteiger partial charge is 0.145 e. The number of nitrogens with zero attached hydrogens (tertiary/aromatic N) is 3. The number of para-hydroxylation sites is 1. The molecule has 0 fully saturated rings. The van der Waals surface area contributed by atoms with Crippen molar-refractivity contribution in [1.82, 2.24) is 9.55 Å². The molecule has 0 aliphatic rings. The highest BCUT2D eigenvalue weighted by atomic mass is 79.9. The van der Waals surface area contributed by atoms with E-state index in [1.807, 2.05) is 13.1 Å². The number of nitriles is 1. The first kappa shape index (κ1) is 12.8. The van der Waals surface area contributed by atoms with Crippen LogP contribution in [0.3, 0.4) is 0 Å². The van der Waals surface area contributed by atoms with Crippen LogP contribution in [0.4, 0.5) is 4.39 Å². The van der Waals surface area contributed by atoms with E-state index in [1.165, 1.54) is 6.07 Å². The van der Waals surface area contributed by atoms with Gasteiger partial charge in [0.2, 0.25) is 0 Å². The molecule has 0 unspecified atom stereocenters. The monoisotopic (exact) mass is 329 g/mol. The Labute approximate surface area is 123 Å².